The molecule has 16 heavy (non-hydrogen) atoms. The van der Waals surface area contributed by atoms with Crippen LogP contribution in [0, 0.1) is 6.92 Å². The van der Waals surface area contributed by atoms with Gasteiger partial charge in [0.1, 0.15) is 0 Å². The summed E-state index contributed by atoms with van der Waals surface area (Å²) in [5.74, 6) is 0. The summed E-state index contributed by atoms with van der Waals surface area (Å²) in [5.41, 5.74) is 8.97. The molecule has 2 atom stereocenters. The highest BCUT2D eigenvalue weighted by molar-refractivity contribution is 5.57. The molecule has 0 spiro atoms. The van der Waals surface area contributed by atoms with Crippen molar-refractivity contribution in [3.8, 4) is 0 Å². The van der Waals surface area contributed by atoms with Crippen molar-refractivity contribution in [2.45, 2.75) is 38.3 Å². The maximum Gasteiger partial charge on any atom is 0.0591 e. The van der Waals surface area contributed by atoms with Gasteiger partial charge in [-0.25, -0.2) is 0 Å². The number of methoxy groups -OCH3 is 1. The molecular formula is C13H20N2O. The molecule has 1 fully saturated rings. The smallest absolute Gasteiger partial charge is 0.0591 e. The van der Waals surface area contributed by atoms with E-state index in [0.717, 1.165) is 24.2 Å². The van der Waals surface area contributed by atoms with Gasteiger partial charge in [0.25, 0.3) is 0 Å². The minimum absolute atomic E-state index is 0.416. The fourth-order valence-electron chi connectivity index (χ4n) is 2.42. The molecular weight excluding hydrogens is 200 g/mol. The Morgan fingerprint density at radius 2 is 2.12 bits per heavy atom. The topological polar surface area (TPSA) is 47.3 Å². The summed E-state index contributed by atoms with van der Waals surface area (Å²) in [6.45, 7) is 2.06. The van der Waals surface area contributed by atoms with Crippen LogP contribution in [0.25, 0.3) is 0 Å². The van der Waals surface area contributed by atoms with Crippen LogP contribution in [0.2, 0.25) is 0 Å². The molecule has 1 aromatic carbocycles. The first-order chi connectivity index (χ1) is 7.67. The molecule has 0 aliphatic heterocycles. The van der Waals surface area contributed by atoms with Crippen LogP contribution in [-0.2, 0) is 4.74 Å². The number of nitrogens with two attached hydrogens (primary N) is 1. The van der Waals surface area contributed by atoms with Crippen LogP contribution in [0.4, 0.5) is 11.4 Å². The maximum absolute atomic E-state index is 5.82. The lowest BCUT2D eigenvalue weighted by Crippen LogP contribution is -2.17. The van der Waals surface area contributed by atoms with Crippen LogP contribution >= 0.6 is 0 Å². The van der Waals surface area contributed by atoms with E-state index in [1.165, 1.54) is 12.0 Å². The van der Waals surface area contributed by atoms with Gasteiger partial charge in [-0.05, 0) is 49.9 Å². The SMILES string of the molecule is COC1CCC(Nc2cc(C)cc(N)c2)C1. The summed E-state index contributed by atoms with van der Waals surface area (Å²) >= 11 is 0. The second-order valence-corrected chi connectivity index (χ2v) is 4.64. The van der Waals surface area contributed by atoms with Crippen LogP contribution in [0.1, 0.15) is 24.8 Å². The second-order valence-electron chi connectivity index (χ2n) is 4.64. The Labute approximate surface area is 97.0 Å². The van der Waals surface area contributed by atoms with Crippen LogP contribution < -0.4 is 11.1 Å². The number of ether oxygens (including phenoxy) is 1. The van der Waals surface area contributed by atoms with Crippen molar-refractivity contribution in [1.29, 1.82) is 0 Å². The molecule has 0 amide bonds. The third kappa shape index (κ3) is 2.67. The summed E-state index contributed by atoms with van der Waals surface area (Å²) in [6, 6.07) is 6.63. The monoisotopic (exact) mass is 220 g/mol. The molecule has 3 heteroatoms. The molecule has 3 nitrogen and oxygen atoms in total. The van der Waals surface area contributed by atoms with Gasteiger partial charge in [0, 0.05) is 24.5 Å². The summed E-state index contributed by atoms with van der Waals surface area (Å²) in [5, 5.41) is 3.53. The van der Waals surface area contributed by atoms with Crippen molar-refractivity contribution >= 4 is 11.4 Å². The highest BCUT2D eigenvalue weighted by Crippen LogP contribution is 2.26. The Kier molecular flexibility index (Phi) is 3.34. The molecule has 1 aliphatic rings. The van der Waals surface area contributed by atoms with Crippen molar-refractivity contribution < 1.29 is 4.74 Å². The fraction of sp³-hybridized carbons (Fsp3) is 0.538. The minimum atomic E-state index is 0.416. The van der Waals surface area contributed by atoms with Gasteiger partial charge in [-0.2, -0.15) is 0 Å². The third-order valence-electron chi connectivity index (χ3n) is 3.19. The Hall–Kier alpha value is -1.22. The minimum Gasteiger partial charge on any atom is -0.399 e. The average Bonchev–Trinajstić information content (AvgIpc) is 2.64. The summed E-state index contributed by atoms with van der Waals surface area (Å²) in [7, 11) is 1.79. The lowest BCUT2D eigenvalue weighted by molar-refractivity contribution is 0.108. The summed E-state index contributed by atoms with van der Waals surface area (Å²) in [6.07, 6.45) is 3.83. The first-order valence-corrected chi connectivity index (χ1v) is 5.84. The Morgan fingerprint density at radius 1 is 1.31 bits per heavy atom. The fourth-order valence-corrected chi connectivity index (χ4v) is 2.42. The van der Waals surface area contributed by atoms with Gasteiger partial charge in [-0.15, -0.1) is 0 Å². The van der Waals surface area contributed by atoms with Gasteiger partial charge in [-0.1, -0.05) is 0 Å². The number of benzene rings is 1. The van der Waals surface area contributed by atoms with Crippen LogP contribution in [0.5, 0.6) is 0 Å². The van der Waals surface area contributed by atoms with Crippen LogP contribution in [-0.4, -0.2) is 19.3 Å². The predicted octanol–water partition coefficient (Wildman–Crippen LogP) is 2.56. The summed E-state index contributed by atoms with van der Waals surface area (Å²) < 4.78 is 5.36. The zero-order chi connectivity index (χ0) is 11.5. The first-order valence-electron chi connectivity index (χ1n) is 5.84. The molecule has 0 aromatic heterocycles. The zero-order valence-electron chi connectivity index (χ0n) is 9.99. The Morgan fingerprint density at radius 3 is 2.75 bits per heavy atom. The van der Waals surface area contributed by atoms with Gasteiger partial charge >= 0.3 is 0 Å². The largest absolute Gasteiger partial charge is 0.399 e. The highest BCUT2D eigenvalue weighted by Gasteiger charge is 2.24. The van der Waals surface area contributed by atoms with E-state index >= 15 is 0 Å². The standard InChI is InChI=1S/C13H20N2O/c1-9-5-10(14)7-12(6-9)15-11-3-4-13(8-11)16-2/h5-7,11,13,15H,3-4,8,14H2,1-2H3. The normalized spacial score (nSPS) is 24.6. The molecule has 1 aromatic rings. The molecule has 88 valence electrons. The van der Waals surface area contributed by atoms with Crippen molar-refractivity contribution in [2.75, 3.05) is 18.2 Å². The van der Waals surface area contributed by atoms with Gasteiger partial charge in [-0.3, -0.25) is 0 Å². The van der Waals surface area contributed by atoms with Gasteiger partial charge < -0.3 is 15.8 Å². The van der Waals surface area contributed by atoms with Crippen LogP contribution in [0.15, 0.2) is 18.2 Å². The van der Waals surface area contributed by atoms with E-state index in [1.54, 1.807) is 7.11 Å². The zero-order valence-corrected chi connectivity index (χ0v) is 9.99. The molecule has 1 saturated carbocycles. The molecule has 0 heterocycles. The highest BCUT2D eigenvalue weighted by atomic mass is 16.5. The lowest BCUT2D eigenvalue weighted by Gasteiger charge is -2.15. The number of nitrogen functional groups attached to an aromatic ring is 1. The van der Waals surface area contributed by atoms with Crippen molar-refractivity contribution in [2.24, 2.45) is 0 Å². The molecule has 1 aliphatic carbocycles. The molecule has 0 saturated heterocycles. The number of anilines is 2. The third-order valence-corrected chi connectivity index (χ3v) is 3.19. The molecule has 2 rings (SSSR count). The van der Waals surface area contributed by atoms with Gasteiger partial charge in [0.15, 0.2) is 0 Å². The van der Waals surface area contributed by atoms with Crippen molar-refractivity contribution in [1.82, 2.24) is 0 Å². The van der Waals surface area contributed by atoms with Crippen molar-refractivity contribution in [3.63, 3.8) is 0 Å². The van der Waals surface area contributed by atoms with Crippen molar-refractivity contribution in [3.05, 3.63) is 23.8 Å². The van der Waals surface area contributed by atoms with E-state index in [4.69, 9.17) is 10.5 Å². The maximum atomic E-state index is 5.82. The number of rotatable bonds is 3. The Bertz CT molecular complexity index is 345. The summed E-state index contributed by atoms with van der Waals surface area (Å²) in [4.78, 5) is 0. The molecule has 0 radical (unpaired) electrons. The average molecular weight is 220 g/mol. The van der Waals surface area contributed by atoms with Gasteiger partial charge in [0.2, 0.25) is 0 Å². The molecule has 0 bridgehead atoms. The van der Waals surface area contributed by atoms with Gasteiger partial charge in [0.05, 0.1) is 6.10 Å². The van der Waals surface area contributed by atoms with E-state index in [9.17, 15) is 0 Å². The number of hydrogen-bond acceptors (Lipinski definition) is 3. The van der Waals surface area contributed by atoms with E-state index in [2.05, 4.69) is 18.3 Å². The van der Waals surface area contributed by atoms with E-state index < -0.39 is 0 Å². The second kappa shape index (κ2) is 4.74. The van der Waals surface area contributed by atoms with E-state index in [0.29, 0.717) is 12.1 Å². The molecule has 3 N–H and O–H groups in total. The lowest BCUT2D eigenvalue weighted by atomic mass is 10.1. The number of nitrogens with one attached hydrogen (secondary N) is 1. The molecule has 2 unspecified atom stereocenters. The number of hydrogen-bond donors (Lipinski definition) is 2. The van der Waals surface area contributed by atoms with E-state index in [1.807, 2.05) is 12.1 Å². The quantitative estimate of drug-likeness (QED) is 0.770. The van der Waals surface area contributed by atoms with E-state index in [-0.39, 0.29) is 0 Å². The first kappa shape index (κ1) is 11.3. The number of aryl methyl sites for hydroxylation is 1. The predicted molar refractivity (Wildman–Crippen MR) is 67.7 cm³/mol. The van der Waals surface area contributed by atoms with Crippen LogP contribution in [0.3, 0.4) is 0 Å². The Balaban J connectivity index is 1.99.